The molecule has 3 rings (SSSR count). The molecule has 2 heterocycles. The zero-order valence-electron chi connectivity index (χ0n) is 14.1. The Morgan fingerprint density at radius 2 is 2.15 bits per heavy atom. The zero-order valence-corrected chi connectivity index (χ0v) is 14.1. The normalized spacial score (nSPS) is 23.0. The molecule has 2 amide bonds. The van der Waals surface area contributed by atoms with Gasteiger partial charge in [0.25, 0.3) is 0 Å². The molecule has 0 radical (unpaired) electrons. The summed E-state index contributed by atoms with van der Waals surface area (Å²) in [5.74, 6) is 0.125. The summed E-state index contributed by atoms with van der Waals surface area (Å²) in [6, 6.07) is 8.29. The first-order valence-electron chi connectivity index (χ1n) is 8.42. The van der Waals surface area contributed by atoms with Crippen molar-refractivity contribution in [2.45, 2.75) is 25.2 Å². The number of urea groups is 1. The minimum absolute atomic E-state index is 0.106. The molecule has 2 saturated heterocycles. The first-order valence-corrected chi connectivity index (χ1v) is 8.42. The molecule has 1 N–H and O–H groups in total. The van der Waals surface area contributed by atoms with Crippen molar-refractivity contribution in [2.75, 3.05) is 37.7 Å². The Labute approximate surface area is 150 Å². The van der Waals surface area contributed by atoms with Gasteiger partial charge in [0.15, 0.2) is 6.10 Å². The third-order valence-electron chi connectivity index (χ3n) is 4.44. The Bertz CT molecular complexity index is 682. The van der Waals surface area contributed by atoms with E-state index < -0.39 is 12.7 Å². The lowest BCUT2D eigenvalue weighted by atomic mass is 10.2. The van der Waals surface area contributed by atoms with Gasteiger partial charge >= 0.3 is 12.6 Å². The molecule has 2 aliphatic heterocycles. The number of hydrogen-bond acceptors (Lipinski definition) is 5. The molecule has 0 aliphatic carbocycles. The molecule has 1 aromatic rings. The maximum absolute atomic E-state index is 12.6. The summed E-state index contributed by atoms with van der Waals surface area (Å²) in [4.78, 5) is 15.9. The van der Waals surface area contributed by atoms with Gasteiger partial charge in [0, 0.05) is 25.7 Å². The summed E-state index contributed by atoms with van der Waals surface area (Å²) in [7, 11) is 0. The number of alkyl halides is 2. The highest BCUT2D eigenvalue weighted by Gasteiger charge is 2.29. The number of benzene rings is 1. The van der Waals surface area contributed by atoms with Crippen LogP contribution in [0.1, 0.15) is 6.42 Å². The highest BCUT2D eigenvalue weighted by atomic mass is 19.3. The van der Waals surface area contributed by atoms with E-state index in [0.29, 0.717) is 38.3 Å². The summed E-state index contributed by atoms with van der Waals surface area (Å²) < 4.78 is 34.9. The molecule has 0 aromatic heterocycles. The second kappa shape index (κ2) is 8.19. The molecule has 2 aliphatic rings. The Hall–Kier alpha value is -2.60. The van der Waals surface area contributed by atoms with Gasteiger partial charge in [-0.3, -0.25) is 0 Å². The van der Waals surface area contributed by atoms with Crippen LogP contribution in [-0.2, 0) is 4.74 Å². The van der Waals surface area contributed by atoms with Crippen LogP contribution in [0.5, 0.6) is 5.75 Å². The first-order chi connectivity index (χ1) is 12.6. The number of carbonyl (C=O) groups excluding carboxylic acids is 1. The van der Waals surface area contributed by atoms with E-state index in [2.05, 4.69) is 10.1 Å². The highest BCUT2D eigenvalue weighted by molar-refractivity contribution is 5.75. The van der Waals surface area contributed by atoms with Gasteiger partial charge in [-0.25, -0.2) is 4.79 Å². The third-order valence-corrected chi connectivity index (χ3v) is 4.44. The summed E-state index contributed by atoms with van der Waals surface area (Å²) in [6.45, 7) is -0.751. The second-order valence-corrected chi connectivity index (χ2v) is 6.16. The van der Waals surface area contributed by atoms with Gasteiger partial charge in [0.2, 0.25) is 0 Å². The lowest BCUT2D eigenvalue weighted by molar-refractivity contribution is -0.0495. The smallest absolute Gasteiger partial charge is 0.387 e. The quantitative estimate of drug-likeness (QED) is 0.879. The van der Waals surface area contributed by atoms with Gasteiger partial charge in [-0.15, -0.1) is 0 Å². The lowest BCUT2D eigenvalue weighted by Gasteiger charge is -2.31. The minimum Gasteiger partial charge on any atom is -0.433 e. The number of nitrogens with one attached hydrogen (secondary N) is 1. The molecule has 2 fully saturated rings. The summed E-state index contributed by atoms with van der Waals surface area (Å²) >= 11 is 0. The largest absolute Gasteiger partial charge is 0.433 e. The van der Waals surface area contributed by atoms with Gasteiger partial charge in [-0.1, -0.05) is 12.1 Å². The number of nitriles is 1. The van der Waals surface area contributed by atoms with Crippen molar-refractivity contribution in [1.82, 2.24) is 10.2 Å². The fraction of sp³-hybridized carbons (Fsp3) is 0.529. The van der Waals surface area contributed by atoms with Crippen molar-refractivity contribution < 1.29 is 23.0 Å². The Kier molecular flexibility index (Phi) is 5.73. The van der Waals surface area contributed by atoms with Gasteiger partial charge in [-0.2, -0.15) is 14.0 Å². The van der Waals surface area contributed by atoms with Crippen LogP contribution >= 0.6 is 0 Å². The molecular formula is C17H20F2N4O3. The van der Waals surface area contributed by atoms with E-state index >= 15 is 0 Å². The fourth-order valence-corrected chi connectivity index (χ4v) is 3.19. The molecule has 0 saturated carbocycles. The number of halogens is 2. The molecule has 0 spiro atoms. The van der Waals surface area contributed by atoms with Gasteiger partial charge in [0.1, 0.15) is 5.75 Å². The number of nitrogens with zero attached hydrogens (tertiary/aromatic N) is 3. The standard InChI is InChI=1S/C17H20F2N4O3/c18-16(19)26-15-4-2-1-3-14(15)22-6-5-12(10-22)21-17(24)23-7-8-25-13(9-20)11-23/h1-4,12-13,16H,5-8,10-11H2,(H,21,24). The Morgan fingerprint density at radius 1 is 1.35 bits per heavy atom. The van der Waals surface area contributed by atoms with Gasteiger partial charge in [0.05, 0.1) is 24.9 Å². The SMILES string of the molecule is N#CC1CN(C(=O)NC2CCN(c3ccccc3OC(F)F)C2)CCO1. The fourth-order valence-electron chi connectivity index (χ4n) is 3.19. The van der Waals surface area contributed by atoms with Crippen LogP contribution in [0.15, 0.2) is 24.3 Å². The minimum atomic E-state index is -2.89. The van der Waals surface area contributed by atoms with Crippen LogP contribution in [0.4, 0.5) is 19.3 Å². The molecular weight excluding hydrogens is 346 g/mol. The lowest BCUT2D eigenvalue weighted by Crippen LogP contribution is -2.52. The van der Waals surface area contributed by atoms with Crippen molar-refractivity contribution in [3.8, 4) is 11.8 Å². The van der Waals surface area contributed by atoms with Crippen molar-refractivity contribution in [3.05, 3.63) is 24.3 Å². The van der Waals surface area contributed by atoms with E-state index in [0.717, 1.165) is 0 Å². The Morgan fingerprint density at radius 3 is 2.92 bits per heavy atom. The molecule has 2 unspecified atom stereocenters. The summed E-state index contributed by atoms with van der Waals surface area (Å²) in [6.07, 6.45) is 0.0915. The predicted octanol–water partition coefficient (Wildman–Crippen LogP) is 1.80. The molecule has 7 nitrogen and oxygen atoms in total. The molecule has 140 valence electrons. The van der Waals surface area contributed by atoms with Crippen LogP contribution in [-0.4, -0.2) is 62.5 Å². The number of rotatable bonds is 4. The average Bonchev–Trinajstić information content (AvgIpc) is 3.10. The third kappa shape index (κ3) is 4.32. The van der Waals surface area contributed by atoms with E-state index in [9.17, 15) is 13.6 Å². The van der Waals surface area contributed by atoms with Gasteiger partial charge in [-0.05, 0) is 18.6 Å². The first kappa shape index (κ1) is 18.2. The van der Waals surface area contributed by atoms with Crippen molar-refractivity contribution >= 4 is 11.7 Å². The molecule has 2 atom stereocenters. The van der Waals surface area contributed by atoms with E-state index in [4.69, 9.17) is 10.00 Å². The number of amides is 2. The van der Waals surface area contributed by atoms with Crippen LogP contribution < -0.4 is 15.0 Å². The second-order valence-electron chi connectivity index (χ2n) is 6.16. The summed E-state index contributed by atoms with van der Waals surface area (Å²) in [5.41, 5.74) is 0.584. The van der Waals surface area contributed by atoms with E-state index in [1.807, 2.05) is 11.0 Å². The van der Waals surface area contributed by atoms with Crippen LogP contribution in [0, 0.1) is 11.3 Å². The number of hydrogen-bond donors (Lipinski definition) is 1. The Balaban J connectivity index is 1.58. The molecule has 1 aromatic carbocycles. The van der Waals surface area contributed by atoms with Crippen molar-refractivity contribution in [3.63, 3.8) is 0 Å². The molecule has 26 heavy (non-hydrogen) atoms. The monoisotopic (exact) mass is 366 g/mol. The predicted molar refractivity (Wildman–Crippen MR) is 89.1 cm³/mol. The van der Waals surface area contributed by atoms with Gasteiger partial charge < -0.3 is 24.6 Å². The molecule has 0 bridgehead atoms. The zero-order chi connectivity index (χ0) is 18.5. The molecule has 9 heteroatoms. The van der Waals surface area contributed by atoms with E-state index in [-0.39, 0.29) is 24.4 Å². The highest BCUT2D eigenvalue weighted by Crippen LogP contribution is 2.31. The van der Waals surface area contributed by atoms with Crippen LogP contribution in [0.25, 0.3) is 0 Å². The van der Waals surface area contributed by atoms with Crippen molar-refractivity contribution in [1.29, 1.82) is 5.26 Å². The maximum Gasteiger partial charge on any atom is 0.387 e. The van der Waals surface area contributed by atoms with E-state index in [1.54, 1.807) is 23.1 Å². The number of carbonyl (C=O) groups is 1. The number of anilines is 1. The van der Waals surface area contributed by atoms with Crippen LogP contribution in [0.2, 0.25) is 0 Å². The summed E-state index contributed by atoms with van der Waals surface area (Å²) in [5, 5.41) is 11.9. The number of morpholine rings is 1. The maximum atomic E-state index is 12.6. The van der Waals surface area contributed by atoms with E-state index in [1.165, 1.54) is 6.07 Å². The number of para-hydroxylation sites is 2. The average molecular weight is 366 g/mol. The van der Waals surface area contributed by atoms with Crippen LogP contribution in [0.3, 0.4) is 0 Å². The number of ether oxygens (including phenoxy) is 2. The topological polar surface area (TPSA) is 77.8 Å². The van der Waals surface area contributed by atoms with Crippen molar-refractivity contribution in [2.24, 2.45) is 0 Å².